The Kier molecular flexibility index (Phi) is 3.65. The second-order valence-electron chi connectivity index (χ2n) is 3.24. The Hall–Kier alpha value is -1.59. The predicted octanol–water partition coefficient (Wildman–Crippen LogP) is 0.210. The van der Waals surface area contributed by atoms with E-state index in [1.165, 1.54) is 18.2 Å². The average Bonchev–Trinajstić information content (AvgIpc) is 2.16. The van der Waals surface area contributed by atoms with E-state index in [1.54, 1.807) is 0 Å². The van der Waals surface area contributed by atoms with Gasteiger partial charge >= 0.3 is 5.97 Å². The van der Waals surface area contributed by atoms with Crippen LogP contribution in [-0.2, 0) is 6.42 Å². The summed E-state index contributed by atoms with van der Waals surface area (Å²) in [4.78, 5) is 10.7. The molecule has 0 aliphatic carbocycles. The van der Waals surface area contributed by atoms with Crippen molar-refractivity contribution in [3.63, 3.8) is 0 Å². The molecule has 0 heterocycles. The smallest absolute Gasteiger partial charge is 0.335 e. The van der Waals surface area contributed by atoms with E-state index in [1.807, 2.05) is 0 Å². The average molecular weight is 211 g/mol. The second kappa shape index (κ2) is 4.77. The number of benzene rings is 1. The van der Waals surface area contributed by atoms with Crippen LogP contribution in [0.25, 0.3) is 0 Å². The fraction of sp³-hybridized carbons (Fsp3) is 0.300. The predicted molar refractivity (Wildman–Crippen MR) is 54.4 cm³/mol. The highest BCUT2D eigenvalue weighted by molar-refractivity contribution is 5.88. The molecule has 0 aliphatic rings. The lowest BCUT2D eigenvalue weighted by molar-refractivity contribution is -0.0446. The first kappa shape index (κ1) is 11.5. The Balaban J connectivity index is 2.85. The summed E-state index contributed by atoms with van der Waals surface area (Å²) in [6.07, 6.45) is -0.935. The molecule has 15 heavy (non-hydrogen) atoms. The van der Waals surface area contributed by atoms with Gasteiger partial charge in [0.05, 0.1) is 5.56 Å². The highest BCUT2D eigenvalue weighted by atomic mass is 16.5. The van der Waals surface area contributed by atoms with Gasteiger partial charge in [-0.15, -0.1) is 0 Å². The van der Waals surface area contributed by atoms with Crippen LogP contribution in [0.2, 0.25) is 0 Å². The molecule has 1 aromatic rings. The number of anilines is 1. The van der Waals surface area contributed by atoms with E-state index in [9.17, 15) is 4.79 Å². The first-order valence-electron chi connectivity index (χ1n) is 4.48. The molecule has 0 atom stereocenters. The number of aliphatic hydroxyl groups is 2. The zero-order chi connectivity index (χ0) is 11.4. The van der Waals surface area contributed by atoms with Crippen molar-refractivity contribution in [3.8, 4) is 0 Å². The van der Waals surface area contributed by atoms with Gasteiger partial charge in [0.1, 0.15) is 0 Å². The zero-order valence-electron chi connectivity index (χ0n) is 8.05. The number of aromatic carboxylic acids is 1. The van der Waals surface area contributed by atoms with E-state index in [0.717, 1.165) is 0 Å². The molecular weight excluding hydrogens is 198 g/mol. The number of nitrogens with two attached hydrogens (primary N) is 1. The molecule has 0 fully saturated rings. The van der Waals surface area contributed by atoms with Crippen LogP contribution in [0, 0.1) is 0 Å². The number of hydrogen-bond acceptors (Lipinski definition) is 4. The van der Waals surface area contributed by atoms with E-state index >= 15 is 0 Å². The van der Waals surface area contributed by atoms with E-state index in [2.05, 4.69) is 0 Å². The molecule has 1 rings (SSSR count). The highest BCUT2D eigenvalue weighted by Crippen LogP contribution is 2.16. The van der Waals surface area contributed by atoms with Gasteiger partial charge in [-0.1, -0.05) is 0 Å². The summed E-state index contributed by atoms with van der Waals surface area (Å²) in [7, 11) is 0. The maximum atomic E-state index is 10.7. The van der Waals surface area contributed by atoms with Gasteiger partial charge in [0.25, 0.3) is 0 Å². The van der Waals surface area contributed by atoms with E-state index < -0.39 is 12.3 Å². The molecule has 0 amide bonds. The topological polar surface area (TPSA) is 104 Å². The fourth-order valence-electron chi connectivity index (χ4n) is 1.24. The van der Waals surface area contributed by atoms with Crippen LogP contribution < -0.4 is 5.73 Å². The largest absolute Gasteiger partial charge is 0.478 e. The van der Waals surface area contributed by atoms with Crippen LogP contribution >= 0.6 is 0 Å². The SMILES string of the molecule is Nc1ccc(C(=O)O)cc1CCC(O)O. The molecule has 82 valence electrons. The first-order valence-corrected chi connectivity index (χ1v) is 4.48. The van der Waals surface area contributed by atoms with E-state index in [4.69, 9.17) is 21.1 Å². The van der Waals surface area contributed by atoms with Gasteiger partial charge in [0, 0.05) is 12.1 Å². The number of rotatable bonds is 4. The maximum absolute atomic E-state index is 10.7. The highest BCUT2D eigenvalue weighted by Gasteiger charge is 2.07. The van der Waals surface area contributed by atoms with Crippen molar-refractivity contribution in [2.24, 2.45) is 0 Å². The standard InChI is InChI=1S/C10H13NO4/c11-8-3-1-7(10(14)15)5-6(8)2-4-9(12)13/h1,3,5,9,12-13H,2,4,11H2,(H,14,15). The van der Waals surface area contributed by atoms with E-state index in [-0.39, 0.29) is 12.0 Å². The summed E-state index contributed by atoms with van der Waals surface area (Å²) in [5.74, 6) is -1.03. The van der Waals surface area contributed by atoms with Crippen LogP contribution in [0.1, 0.15) is 22.3 Å². The van der Waals surface area contributed by atoms with Gasteiger partial charge in [-0.3, -0.25) is 0 Å². The molecule has 1 aromatic carbocycles. The number of hydrogen-bond donors (Lipinski definition) is 4. The molecule has 0 aromatic heterocycles. The van der Waals surface area contributed by atoms with Crippen molar-refractivity contribution < 1.29 is 20.1 Å². The van der Waals surface area contributed by atoms with Crippen LogP contribution in [0.5, 0.6) is 0 Å². The molecule has 0 saturated carbocycles. The van der Waals surface area contributed by atoms with Crippen LogP contribution in [0.3, 0.4) is 0 Å². The second-order valence-corrected chi connectivity index (χ2v) is 3.24. The Morgan fingerprint density at radius 3 is 2.60 bits per heavy atom. The van der Waals surface area contributed by atoms with Crippen LogP contribution in [0.4, 0.5) is 5.69 Å². The molecule has 5 nitrogen and oxygen atoms in total. The quantitative estimate of drug-likeness (QED) is 0.421. The minimum absolute atomic E-state index is 0.132. The molecule has 5 heteroatoms. The summed E-state index contributed by atoms with van der Waals surface area (Å²) in [5, 5.41) is 26.1. The van der Waals surface area contributed by atoms with Crippen molar-refractivity contribution in [2.75, 3.05) is 5.73 Å². The van der Waals surface area contributed by atoms with Crippen molar-refractivity contribution in [1.82, 2.24) is 0 Å². The van der Waals surface area contributed by atoms with E-state index in [0.29, 0.717) is 17.7 Å². The molecule has 0 spiro atoms. The summed E-state index contributed by atoms with van der Waals surface area (Å²) in [6.45, 7) is 0. The third-order valence-corrected chi connectivity index (χ3v) is 2.06. The van der Waals surface area contributed by atoms with Gasteiger partial charge in [0.2, 0.25) is 0 Å². The minimum atomic E-state index is -1.40. The molecule has 5 N–H and O–H groups in total. The van der Waals surface area contributed by atoms with Gasteiger partial charge in [-0.05, 0) is 30.2 Å². The molecule has 0 saturated heterocycles. The van der Waals surface area contributed by atoms with Crippen LogP contribution in [0.15, 0.2) is 18.2 Å². The number of nitrogen functional groups attached to an aromatic ring is 1. The van der Waals surface area contributed by atoms with Gasteiger partial charge < -0.3 is 21.1 Å². The first-order chi connectivity index (χ1) is 7.00. The third kappa shape index (κ3) is 3.23. The molecule has 0 radical (unpaired) electrons. The number of carboxylic acid groups (broad SMARTS) is 1. The van der Waals surface area contributed by atoms with Gasteiger partial charge in [-0.25, -0.2) is 4.79 Å². The maximum Gasteiger partial charge on any atom is 0.335 e. The molecule has 0 unspecified atom stereocenters. The number of carboxylic acids is 1. The van der Waals surface area contributed by atoms with Gasteiger partial charge in [-0.2, -0.15) is 0 Å². The number of aliphatic hydroxyl groups excluding tert-OH is 1. The van der Waals surface area contributed by atoms with Gasteiger partial charge in [0.15, 0.2) is 6.29 Å². The summed E-state index contributed by atoms with van der Waals surface area (Å²) in [6, 6.07) is 4.36. The zero-order valence-corrected chi connectivity index (χ0v) is 8.05. The molecule has 0 bridgehead atoms. The fourth-order valence-corrected chi connectivity index (χ4v) is 1.24. The molecular formula is C10H13NO4. The van der Waals surface area contributed by atoms with Crippen molar-refractivity contribution in [3.05, 3.63) is 29.3 Å². The Labute approximate surface area is 86.8 Å². The third-order valence-electron chi connectivity index (χ3n) is 2.06. The lowest BCUT2D eigenvalue weighted by Gasteiger charge is -2.07. The number of carbonyl (C=O) groups is 1. The summed E-state index contributed by atoms with van der Waals surface area (Å²) >= 11 is 0. The summed E-state index contributed by atoms with van der Waals surface area (Å²) < 4.78 is 0. The number of aryl methyl sites for hydroxylation is 1. The Morgan fingerprint density at radius 1 is 1.40 bits per heavy atom. The normalized spacial score (nSPS) is 10.6. The minimum Gasteiger partial charge on any atom is -0.478 e. The lowest BCUT2D eigenvalue weighted by Crippen LogP contribution is -2.07. The molecule has 0 aliphatic heterocycles. The lowest BCUT2D eigenvalue weighted by atomic mass is 10.0. The van der Waals surface area contributed by atoms with Crippen molar-refractivity contribution in [1.29, 1.82) is 0 Å². The Morgan fingerprint density at radius 2 is 2.07 bits per heavy atom. The monoisotopic (exact) mass is 211 g/mol. The van der Waals surface area contributed by atoms with Crippen LogP contribution in [-0.4, -0.2) is 27.6 Å². The van der Waals surface area contributed by atoms with Crippen molar-refractivity contribution in [2.45, 2.75) is 19.1 Å². The van der Waals surface area contributed by atoms with Crippen molar-refractivity contribution >= 4 is 11.7 Å². The Bertz CT molecular complexity index is 362. The summed E-state index contributed by atoms with van der Waals surface area (Å²) in [5.41, 5.74) is 6.84.